The van der Waals surface area contributed by atoms with Gasteiger partial charge in [0.05, 0.1) is 0 Å². The quantitative estimate of drug-likeness (QED) is 0.280. The summed E-state index contributed by atoms with van der Waals surface area (Å²) in [5.74, 6) is 0.803. The highest BCUT2D eigenvalue weighted by molar-refractivity contribution is 14.0. The van der Waals surface area contributed by atoms with Crippen molar-refractivity contribution in [3.8, 4) is 0 Å². The molecule has 1 aromatic carbocycles. The fourth-order valence-electron chi connectivity index (χ4n) is 1.88. The highest BCUT2D eigenvalue weighted by Gasteiger charge is 2.01. The van der Waals surface area contributed by atoms with Crippen molar-refractivity contribution in [1.82, 2.24) is 10.6 Å². The van der Waals surface area contributed by atoms with Crippen LogP contribution in [0.2, 0.25) is 0 Å². The van der Waals surface area contributed by atoms with Gasteiger partial charge in [-0.1, -0.05) is 0 Å². The normalized spacial score (nSPS) is 11.0. The van der Waals surface area contributed by atoms with Gasteiger partial charge in [0.1, 0.15) is 11.6 Å². The number of aliphatic imine (C=N–C) groups is 1. The summed E-state index contributed by atoms with van der Waals surface area (Å²) in [7, 11) is 1.71. The Kier molecular flexibility index (Phi) is 12.6. The second kappa shape index (κ2) is 12.9. The number of benzene rings is 1. The SMILES string of the molecule is CN=C(NCCCCSC)NCCc1cc(F)cc(F)c1.I. The number of guanidine groups is 1. The van der Waals surface area contributed by atoms with Crippen LogP contribution in [0.3, 0.4) is 0 Å². The number of halogens is 3. The third-order valence-corrected chi connectivity index (χ3v) is 3.62. The summed E-state index contributed by atoms with van der Waals surface area (Å²) in [6.45, 7) is 1.45. The van der Waals surface area contributed by atoms with Crippen molar-refractivity contribution < 1.29 is 8.78 Å². The molecule has 0 aliphatic carbocycles. The van der Waals surface area contributed by atoms with E-state index in [-0.39, 0.29) is 24.0 Å². The van der Waals surface area contributed by atoms with E-state index in [1.54, 1.807) is 7.05 Å². The summed E-state index contributed by atoms with van der Waals surface area (Å²) in [5, 5.41) is 6.36. The Morgan fingerprint density at radius 1 is 1.09 bits per heavy atom. The van der Waals surface area contributed by atoms with Gasteiger partial charge >= 0.3 is 0 Å². The fraction of sp³-hybridized carbons (Fsp3) is 0.533. The van der Waals surface area contributed by atoms with E-state index >= 15 is 0 Å². The molecule has 1 rings (SSSR count). The lowest BCUT2D eigenvalue weighted by molar-refractivity contribution is 0.579. The van der Waals surface area contributed by atoms with Gasteiger partial charge in [-0.25, -0.2) is 8.78 Å². The molecule has 0 fully saturated rings. The number of unbranched alkanes of at least 4 members (excludes halogenated alkanes) is 1. The third-order valence-electron chi connectivity index (χ3n) is 2.92. The van der Waals surface area contributed by atoms with Crippen LogP contribution in [0, 0.1) is 11.6 Å². The summed E-state index contributed by atoms with van der Waals surface area (Å²) in [6, 6.07) is 3.58. The van der Waals surface area contributed by atoms with Crippen LogP contribution in [0.4, 0.5) is 8.78 Å². The molecule has 0 aliphatic heterocycles. The molecule has 0 atom stereocenters. The van der Waals surface area contributed by atoms with Crippen molar-refractivity contribution in [2.24, 2.45) is 4.99 Å². The second-order valence-corrected chi connectivity index (χ2v) is 5.64. The molecule has 0 amide bonds. The Morgan fingerprint density at radius 3 is 2.32 bits per heavy atom. The molecule has 0 aromatic heterocycles. The predicted molar refractivity (Wildman–Crippen MR) is 102 cm³/mol. The van der Waals surface area contributed by atoms with Crippen molar-refractivity contribution in [1.29, 1.82) is 0 Å². The van der Waals surface area contributed by atoms with Crippen molar-refractivity contribution in [3.05, 3.63) is 35.4 Å². The fourth-order valence-corrected chi connectivity index (χ4v) is 2.37. The minimum atomic E-state index is -0.540. The molecule has 2 N–H and O–H groups in total. The van der Waals surface area contributed by atoms with Crippen molar-refractivity contribution in [2.75, 3.05) is 32.1 Å². The van der Waals surface area contributed by atoms with Crippen LogP contribution in [-0.4, -0.2) is 38.1 Å². The highest BCUT2D eigenvalue weighted by Crippen LogP contribution is 2.08. The van der Waals surface area contributed by atoms with E-state index in [2.05, 4.69) is 21.9 Å². The Hall–Kier alpha value is -0.570. The van der Waals surface area contributed by atoms with E-state index in [1.807, 2.05) is 11.8 Å². The van der Waals surface area contributed by atoms with Gasteiger partial charge in [-0.05, 0) is 49.0 Å². The maximum Gasteiger partial charge on any atom is 0.190 e. The number of hydrogen-bond acceptors (Lipinski definition) is 2. The molecule has 0 aliphatic rings. The van der Waals surface area contributed by atoms with E-state index in [9.17, 15) is 8.78 Å². The van der Waals surface area contributed by atoms with Crippen LogP contribution in [0.25, 0.3) is 0 Å². The molecule has 0 radical (unpaired) electrons. The van der Waals surface area contributed by atoms with E-state index in [0.717, 1.165) is 25.0 Å². The maximum atomic E-state index is 13.1. The minimum absolute atomic E-state index is 0. The molecule has 22 heavy (non-hydrogen) atoms. The van der Waals surface area contributed by atoms with E-state index in [0.29, 0.717) is 18.5 Å². The van der Waals surface area contributed by atoms with Gasteiger partial charge < -0.3 is 10.6 Å². The molecule has 7 heteroatoms. The number of nitrogens with zero attached hydrogens (tertiary/aromatic N) is 1. The molecule has 126 valence electrons. The Morgan fingerprint density at radius 2 is 1.73 bits per heavy atom. The minimum Gasteiger partial charge on any atom is -0.356 e. The van der Waals surface area contributed by atoms with E-state index < -0.39 is 11.6 Å². The molecule has 3 nitrogen and oxygen atoms in total. The van der Waals surface area contributed by atoms with Gasteiger partial charge in [0.25, 0.3) is 0 Å². The Bertz CT molecular complexity index is 438. The standard InChI is InChI=1S/C15H23F2N3S.HI/c1-18-15(19-6-3-4-8-21-2)20-7-5-12-9-13(16)11-14(17)10-12;/h9-11H,3-8H2,1-2H3,(H2,18,19,20);1H. The molecular formula is C15H24F2IN3S. The summed E-state index contributed by atoms with van der Waals surface area (Å²) >= 11 is 1.85. The van der Waals surface area contributed by atoms with Crippen LogP contribution >= 0.6 is 35.7 Å². The average molecular weight is 443 g/mol. The first-order chi connectivity index (χ1) is 10.2. The van der Waals surface area contributed by atoms with Gasteiger partial charge in [-0.15, -0.1) is 24.0 Å². The Labute approximate surface area is 152 Å². The van der Waals surface area contributed by atoms with E-state index in [4.69, 9.17) is 0 Å². The van der Waals surface area contributed by atoms with Gasteiger partial charge in [-0.3, -0.25) is 4.99 Å². The first kappa shape index (κ1) is 21.4. The zero-order valence-electron chi connectivity index (χ0n) is 13.0. The molecule has 1 aromatic rings. The van der Waals surface area contributed by atoms with Crippen molar-refractivity contribution >= 4 is 41.7 Å². The second-order valence-electron chi connectivity index (χ2n) is 4.65. The molecular weight excluding hydrogens is 419 g/mol. The molecule has 0 heterocycles. The van der Waals surface area contributed by atoms with Crippen molar-refractivity contribution in [3.63, 3.8) is 0 Å². The monoisotopic (exact) mass is 443 g/mol. The van der Waals surface area contributed by atoms with Gasteiger partial charge in [0, 0.05) is 26.2 Å². The number of nitrogens with one attached hydrogen (secondary N) is 2. The highest BCUT2D eigenvalue weighted by atomic mass is 127. The number of hydrogen-bond donors (Lipinski definition) is 2. The van der Waals surface area contributed by atoms with Crippen LogP contribution < -0.4 is 10.6 Å². The van der Waals surface area contributed by atoms with E-state index in [1.165, 1.54) is 24.3 Å². The topological polar surface area (TPSA) is 36.4 Å². The summed E-state index contributed by atoms with van der Waals surface area (Å²) < 4.78 is 26.1. The zero-order valence-corrected chi connectivity index (χ0v) is 16.1. The lowest BCUT2D eigenvalue weighted by atomic mass is 10.1. The van der Waals surface area contributed by atoms with Gasteiger partial charge in [-0.2, -0.15) is 11.8 Å². The largest absolute Gasteiger partial charge is 0.356 e. The lowest BCUT2D eigenvalue weighted by Crippen LogP contribution is -2.38. The van der Waals surface area contributed by atoms with Crippen LogP contribution in [-0.2, 0) is 6.42 Å². The summed E-state index contributed by atoms with van der Waals surface area (Å²) in [5.41, 5.74) is 0.635. The molecule has 0 spiro atoms. The van der Waals surface area contributed by atoms with Gasteiger partial charge in [0.15, 0.2) is 5.96 Å². The first-order valence-electron chi connectivity index (χ1n) is 7.04. The van der Waals surface area contributed by atoms with Crippen LogP contribution in [0.1, 0.15) is 18.4 Å². The summed E-state index contributed by atoms with van der Waals surface area (Å²) in [6.07, 6.45) is 4.91. The van der Waals surface area contributed by atoms with Crippen molar-refractivity contribution in [2.45, 2.75) is 19.3 Å². The molecule has 0 saturated carbocycles. The van der Waals surface area contributed by atoms with Gasteiger partial charge in [0.2, 0.25) is 0 Å². The average Bonchev–Trinajstić information content (AvgIpc) is 2.44. The maximum absolute atomic E-state index is 13.1. The lowest BCUT2D eigenvalue weighted by Gasteiger charge is -2.11. The predicted octanol–water partition coefficient (Wildman–Crippen LogP) is 3.43. The first-order valence-corrected chi connectivity index (χ1v) is 8.43. The number of rotatable bonds is 8. The smallest absolute Gasteiger partial charge is 0.190 e. The molecule has 0 unspecified atom stereocenters. The number of thioether (sulfide) groups is 1. The zero-order chi connectivity index (χ0) is 15.5. The summed E-state index contributed by atoms with van der Waals surface area (Å²) in [4.78, 5) is 4.11. The third kappa shape index (κ3) is 9.45. The Balaban J connectivity index is 0.00000441. The molecule has 0 saturated heterocycles. The van der Waals surface area contributed by atoms with Crippen LogP contribution in [0.15, 0.2) is 23.2 Å². The molecule has 0 bridgehead atoms. The van der Waals surface area contributed by atoms with Crippen LogP contribution in [0.5, 0.6) is 0 Å².